The zero-order valence-corrected chi connectivity index (χ0v) is 18.1. The van der Waals surface area contributed by atoms with Gasteiger partial charge in [-0.05, 0) is 0 Å². The number of rotatable bonds is 5. The molecule has 1 rings (SSSR count). The van der Waals surface area contributed by atoms with Gasteiger partial charge in [-0.15, -0.1) is 0 Å². The van der Waals surface area contributed by atoms with E-state index in [9.17, 15) is 0 Å². The van der Waals surface area contributed by atoms with Gasteiger partial charge in [0.15, 0.2) is 0 Å². The van der Waals surface area contributed by atoms with Crippen molar-refractivity contribution < 1.29 is 0 Å². The topological polar surface area (TPSA) is 0 Å². The van der Waals surface area contributed by atoms with Crippen molar-refractivity contribution >= 4 is 36.8 Å². The van der Waals surface area contributed by atoms with Crippen LogP contribution in [0.15, 0.2) is 30.3 Å². The molecule has 0 bridgehead atoms. The first-order valence-corrected chi connectivity index (χ1v) is 27.2. The molecule has 0 spiro atoms. The number of hydrogen-bond acceptors (Lipinski definition) is 0. The molecule has 0 N–H and O–H groups in total. The van der Waals surface area contributed by atoms with E-state index in [4.69, 9.17) is 0 Å². The van der Waals surface area contributed by atoms with Crippen LogP contribution >= 0.6 is 0 Å². The summed E-state index contributed by atoms with van der Waals surface area (Å²) in [4.78, 5) is 15.8. The minimum atomic E-state index is -1.73. The van der Waals surface area contributed by atoms with E-state index >= 15 is 0 Å². The fraction of sp³-hybridized carbons (Fsp3) is 0.600. The van der Waals surface area contributed by atoms with Crippen LogP contribution in [0.25, 0.3) is 0 Å². The molecule has 0 heterocycles. The van der Waals surface area contributed by atoms with Gasteiger partial charge in [0, 0.05) is 0 Å². The van der Waals surface area contributed by atoms with Crippen molar-refractivity contribution in [2.24, 2.45) is 0 Å². The summed E-state index contributed by atoms with van der Waals surface area (Å²) in [5, 5.41) is 0. The molecular weight excluding hydrogens is 418 g/mol. The van der Waals surface area contributed by atoms with E-state index in [1.165, 1.54) is 20.4 Å². The van der Waals surface area contributed by atoms with Gasteiger partial charge in [0.05, 0.1) is 0 Å². The quantitative estimate of drug-likeness (QED) is 0.546. The predicted molar refractivity (Wildman–Crippen MR) is 85.2 cm³/mol. The Labute approximate surface area is 116 Å². The molecule has 0 radical (unpaired) electrons. The molecule has 17 heavy (non-hydrogen) atoms. The van der Waals surface area contributed by atoms with Gasteiger partial charge in [0.25, 0.3) is 0 Å². The van der Waals surface area contributed by atoms with Gasteiger partial charge in [-0.25, -0.2) is 0 Å². The molecule has 0 aromatic heterocycles. The van der Waals surface area contributed by atoms with Crippen molar-refractivity contribution in [1.82, 2.24) is 0 Å². The molecule has 0 unspecified atom stereocenters. The van der Waals surface area contributed by atoms with Crippen molar-refractivity contribution in [1.29, 1.82) is 0 Å². The van der Waals surface area contributed by atoms with Crippen LogP contribution in [0.4, 0.5) is 0 Å². The summed E-state index contributed by atoms with van der Waals surface area (Å²) in [7, 11) is 0. The van der Waals surface area contributed by atoms with E-state index in [1.807, 2.05) is 0 Å². The van der Waals surface area contributed by atoms with Crippen LogP contribution in [0.1, 0.15) is 12.0 Å². The minimum absolute atomic E-state index is 1.17. The summed E-state index contributed by atoms with van der Waals surface area (Å²) in [6.07, 6.45) is 2.76. The van der Waals surface area contributed by atoms with Crippen LogP contribution in [0.5, 0.6) is 0 Å². The normalized spacial score (nSPS) is 13.1. The zero-order chi connectivity index (χ0) is 13.1. The second-order valence-corrected chi connectivity index (χ2v) is 43.0. The van der Waals surface area contributed by atoms with Crippen LogP contribution in [0, 0.1) is 0 Å². The summed E-state index contributed by atoms with van der Waals surface area (Å²) in [6, 6.07) is 11.0. The van der Waals surface area contributed by atoms with Crippen molar-refractivity contribution in [2.75, 3.05) is 0 Å². The second kappa shape index (κ2) is 6.31. The number of hydrogen-bond donors (Lipinski definition) is 0. The fourth-order valence-corrected chi connectivity index (χ4v) is 66.0. The molecule has 0 aliphatic heterocycles. The molecule has 0 saturated heterocycles. The Morgan fingerprint density at radius 3 is 1.71 bits per heavy atom. The Balaban J connectivity index is 2.70. The van der Waals surface area contributed by atoms with Gasteiger partial charge in [-0.3, -0.25) is 0 Å². The molecule has 96 valence electrons. The average molecular weight is 446 g/mol. The van der Waals surface area contributed by atoms with Gasteiger partial charge in [-0.2, -0.15) is 0 Å². The summed E-state index contributed by atoms with van der Waals surface area (Å²) < 4.78 is 1.17. The monoisotopic (exact) mass is 448 g/mol. The Morgan fingerprint density at radius 1 is 0.824 bits per heavy atom. The number of aryl methyl sites for hydroxylation is 1. The van der Waals surface area contributed by atoms with Crippen molar-refractivity contribution in [3.8, 4) is 0 Å². The van der Waals surface area contributed by atoms with Crippen LogP contribution in [0.2, 0.25) is 31.6 Å². The maximum absolute atomic E-state index is 2.63. The van der Waals surface area contributed by atoms with E-state index in [1.54, 1.807) is 0 Å². The molecule has 0 amide bonds. The van der Waals surface area contributed by atoms with Crippen molar-refractivity contribution in [3.05, 3.63) is 35.9 Å². The van der Waals surface area contributed by atoms with Gasteiger partial charge in [0.2, 0.25) is 0 Å². The summed E-state index contributed by atoms with van der Waals surface area (Å²) in [5.74, 6) is 0. The Morgan fingerprint density at radius 2 is 1.29 bits per heavy atom. The third-order valence-electron chi connectivity index (χ3n) is 3.66. The first-order chi connectivity index (χ1) is 7.71. The zero-order valence-electron chi connectivity index (χ0n) is 12.4. The fourth-order valence-electron chi connectivity index (χ4n) is 3.12. The summed E-state index contributed by atoms with van der Waals surface area (Å²) in [5.41, 5.74) is 1.53. The van der Waals surface area contributed by atoms with Gasteiger partial charge in [0.1, 0.15) is 0 Å². The molecule has 2 heteroatoms. The van der Waals surface area contributed by atoms with Crippen LogP contribution in [-0.2, 0) is 6.42 Å². The van der Waals surface area contributed by atoms with E-state index in [0.29, 0.717) is 0 Å². The standard InChI is InChI=1S/C9H10.6CH3.2Sn/c1-2-6-9-7-4-3-5-8-9;;;;;;;;/h1,3-5,7-8H,2,6H2;6*1H3;;. The van der Waals surface area contributed by atoms with Crippen LogP contribution < -0.4 is 0 Å². The first-order valence-electron chi connectivity index (χ1n) is 6.75. The first kappa shape index (κ1) is 15.9. The van der Waals surface area contributed by atoms with Crippen molar-refractivity contribution in [3.63, 3.8) is 0 Å². The second-order valence-electron chi connectivity index (χ2n) is 7.31. The SMILES string of the molecule is [CH3][Sn]([CH3])([CH3])[CH](CCc1ccccc1)[Sn]([CH3])([CH3])[CH3]. The molecule has 1 aromatic rings. The van der Waals surface area contributed by atoms with E-state index in [0.717, 1.165) is 0 Å². The molecular formula is C15H28Sn2. The van der Waals surface area contributed by atoms with E-state index in [-0.39, 0.29) is 0 Å². The summed E-state index contributed by atoms with van der Waals surface area (Å²) >= 11 is -3.46. The molecule has 0 atom stereocenters. The Hall–Kier alpha value is 0.817. The third kappa shape index (κ3) is 5.54. The van der Waals surface area contributed by atoms with Crippen LogP contribution in [0.3, 0.4) is 0 Å². The maximum atomic E-state index is 2.63. The van der Waals surface area contributed by atoms with E-state index < -0.39 is 36.8 Å². The van der Waals surface area contributed by atoms with Crippen LogP contribution in [-0.4, -0.2) is 36.8 Å². The molecule has 0 saturated carbocycles. The van der Waals surface area contributed by atoms with E-state index in [2.05, 4.69) is 60.0 Å². The molecule has 0 aliphatic carbocycles. The molecule has 1 aromatic carbocycles. The van der Waals surface area contributed by atoms with Gasteiger partial charge < -0.3 is 0 Å². The number of benzene rings is 1. The Bertz CT molecular complexity index is 316. The predicted octanol–water partition coefficient (Wildman–Crippen LogP) is 5.21. The molecule has 0 aliphatic rings. The van der Waals surface area contributed by atoms with Gasteiger partial charge in [-0.1, -0.05) is 0 Å². The van der Waals surface area contributed by atoms with Crippen molar-refractivity contribution in [2.45, 2.75) is 44.4 Å². The molecule has 0 fully saturated rings. The molecule has 0 nitrogen and oxygen atoms in total. The van der Waals surface area contributed by atoms with Gasteiger partial charge >= 0.3 is 117 Å². The average Bonchev–Trinajstić information content (AvgIpc) is 2.15. The Kier molecular flexibility index (Phi) is 5.89. The summed E-state index contributed by atoms with van der Waals surface area (Å²) in [6.45, 7) is 0. The third-order valence-corrected chi connectivity index (χ3v) is 50.4.